The Balaban J connectivity index is 2.36. The molecule has 2 aromatic rings. The average Bonchev–Trinajstić information content (AvgIpc) is 2.37. The molecule has 0 amide bonds. The van der Waals surface area contributed by atoms with Gasteiger partial charge >= 0.3 is 0 Å². The quantitative estimate of drug-likeness (QED) is 0.905. The van der Waals surface area contributed by atoms with Crippen LogP contribution in [0.4, 0.5) is 4.39 Å². The highest BCUT2D eigenvalue weighted by molar-refractivity contribution is 5.39. The average molecular weight is 247 g/mol. The molecule has 1 aromatic carbocycles. The lowest BCUT2D eigenvalue weighted by molar-refractivity contribution is 0.414. The standard InChI is InChI=1S/C13H14FN3O/c1-8-3-4-10(6-15)5-11(8)18-13-12(14)9(2)16-7-17-13/h3-5,7H,6,15H2,1-2H3. The molecule has 0 fully saturated rings. The van der Waals surface area contributed by atoms with Crippen LogP contribution in [0.3, 0.4) is 0 Å². The molecule has 0 saturated heterocycles. The second-order valence-corrected chi connectivity index (χ2v) is 3.98. The Kier molecular flexibility index (Phi) is 3.53. The van der Waals surface area contributed by atoms with E-state index in [1.807, 2.05) is 19.1 Å². The van der Waals surface area contributed by atoms with Gasteiger partial charge in [0.15, 0.2) is 0 Å². The zero-order chi connectivity index (χ0) is 13.1. The Bertz CT molecular complexity index is 572. The first-order valence-corrected chi connectivity index (χ1v) is 5.56. The number of halogens is 1. The minimum atomic E-state index is -0.546. The lowest BCUT2D eigenvalue weighted by atomic mass is 10.1. The number of aryl methyl sites for hydroxylation is 2. The number of hydrogen-bond donors (Lipinski definition) is 1. The predicted octanol–water partition coefficient (Wildman–Crippen LogP) is 2.48. The Morgan fingerprint density at radius 3 is 2.78 bits per heavy atom. The monoisotopic (exact) mass is 247 g/mol. The number of benzene rings is 1. The smallest absolute Gasteiger partial charge is 0.259 e. The van der Waals surface area contributed by atoms with Crippen molar-refractivity contribution in [3.8, 4) is 11.6 Å². The second-order valence-electron chi connectivity index (χ2n) is 3.98. The van der Waals surface area contributed by atoms with Gasteiger partial charge in [-0.3, -0.25) is 0 Å². The molecule has 0 aliphatic rings. The lowest BCUT2D eigenvalue weighted by Crippen LogP contribution is -2.00. The highest BCUT2D eigenvalue weighted by atomic mass is 19.1. The van der Waals surface area contributed by atoms with Gasteiger partial charge in [-0.2, -0.15) is 9.37 Å². The molecule has 2 rings (SSSR count). The first kappa shape index (κ1) is 12.4. The van der Waals surface area contributed by atoms with Crippen LogP contribution in [0.5, 0.6) is 11.6 Å². The molecule has 0 aliphatic heterocycles. The number of ether oxygens (including phenoxy) is 1. The fraction of sp³-hybridized carbons (Fsp3) is 0.231. The lowest BCUT2D eigenvalue weighted by Gasteiger charge is -2.10. The molecule has 1 heterocycles. The molecule has 2 N–H and O–H groups in total. The van der Waals surface area contributed by atoms with Crippen LogP contribution in [-0.4, -0.2) is 9.97 Å². The summed E-state index contributed by atoms with van der Waals surface area (Å²) in [6, 6.07) is 5.57. The molecule has 0 saturated carbocycles. The third kappa shape index (κ3) is 2.46. The molecular weight excluding hydrogens is 233 g/mol. The molecule has 0 atom stereocenters. The normalized spacial score (nSPS) is 10.4. The topological polar surface area (TPSA) is 61.0 Å². The van der Waals surface area contributed by atoms with Crippen LogP contribution in [-0.2, 0) is 6.54 Å². The van der Waals surface area contributed by atoms with Gasteiger partial charge in [0, 0.05) is 6.54 Å². The van der Waals surface area contributed by atoms with Crippen molar-refractivity contribution >= 4 is 0 Å². The van der Waals surface area contributed by atoms with Gasteiger partial charge in [-0.15, -0.1) is 0 Å². The third-order valence-corrected chi connectivity index (χ3v) is 2.63. The van der Waals surface area contributed by atoms with Crippen molar-refractivity contribution in [3.05, 3.63) is 47.2 Å². The van der Waals surface area contributed by atoms with E-state index in [2.05, 4.69) is 9.97 Å². The van der Waals surface area contributed by atoms with E-state index in [0.29, 0.717) is 12.3 Å². The van der Waals surface area contributed by atoms with Crippen LogP contribution in [0.25, 0.3) is 0 Å². The Morgan fingerprint density at radius 2 is 2.06 bits per heavy atom. The molecule has 0 unspecified atom stereocenters. The van der Waals surface area contributed by atoms with Crippen molar-refractivity contribution in [2.75, 3.05) is 0 Å². The SMILES string of the molecule is Cc1ccc(CN)cc1Oc1ncnc(C)c1F. The van der Waals surface area contributed by atoms with Gasteiger partial charge in [-0.25, -0.2) is 4.98 Å². The molecule has 18 heavy (non-hydrogen) atoms. The highest BCUT2D eigenvalue weighted by Gasteiger charge is 2.11. The first-order chi connectivity index (χ1) is 8.61. The van der Waals surface area contributed by atoms with Gasteiger partial charge in [-0.05, 0) is 31.0 Å². The van der Waals surface area contributed by atoms with Crippen LogP contribution in [0.2, 0.25) is 0 Å². The zero-order valence-corrected chi connectivity index (χ0v) is 10.3. The van der Waals surface area contributed by atoms with Gasteiger partial charge in [-0.1, -0.05) is 12.1 Å². The van der Waals surface area contributed by atoms with Gasteiger partial charge < -0.3 is 10.5 Å². The van der Waals surface area contributed by atoms with E-state index in [1.54, 1.807) is 13.0 Å². The maximum atomic E-state index is 13.7. The van der Waals surface area contributed by atoms with Crippen molar-refractivity contribution in [1.82, 2.24) is 9.97 Å². The van der Waals surface area contributed by atoms with Gasteiger partial charge in [0.2, 0.25) is 5.82 Å². The summed E-state index contributed by atoms with van der Waals surface area (Å²) in [4.78, 5) is 7.54. The molecule has 0 bridgehead atoms. The van der Waals surface area contributed by atoms with Gasteiger partial charge in [0.1, 0.15) is 12.1 Å². The predicted molar refractivity (Wildman–Crippen MR) is 65.9 cm³/mol. The summed E-state index contributed by atoms with van der Waals surface area (Å²) in [6.45, 7) is 3.84. The maximum Gasteiger partial charge on any atom is 0.259 e. The van der Waals surface area contributed by atoms with Crippen molar-refractivity contribution < 1.29 is 9.13 Å². The van der Waals surface area contributed by atoms with E-state index < -0.39 is 5.82 Å². The largest absolute Gasteiger partial charge is 0.436 e. The molecule has 0 spiro atoms. The van der Waals surface area contributed by atoms with Crippen molar-refractivity contribution in [3.63, 3.8) is 0 Å². The van der Waals surface area contributed by atoms with E-state index in [4.69, 9.17) is 10.5 Å². The third-order valence-electron chi connectivity index (χ3n) is 2.63. The van der Waals surface area contributed by atoms with E-state index in [9.17, 15) is 4.39 Å². The molecular formula is C13H14FN3O. The van der Waals surface area contributed by atoms with Crippen molar-refractivity contribution in [2.24, 2.45) is 5.73 Å². The van der Waals surface area contributed by atoms with E-state index in [-0.39, 0.29) is 11.6 Å². The summed E-state index contributed by atoms with van der Waals surface area (Å²) >= 11 is 0. The number of hydrogen-bond acceptors (Lipinski definition) is 4. The number of aromatic nitrogens is 2. The van der Waals surface area contributed by atoms with Crippen LogP contribution >= 0.6 is 0 Å². The Hall–Kier alpha value is -2.01. The van der Waals surface area contributed by atoms with Crippen LogP contribution in [0, 0.1) is 19.7 Å². The summed E-state index contributed by atoms with van der Waals surface area (Å²) in [6.07, 6.45) is 1.27. The second kappa shape index (κ2) is 5.10. The van der Waals surface area contributed by atoms with Gasteiger partial charge in [0.25, 0.3) is 5.88 Å². The minimum Gasteiger partial charge on any atom is -0.436 e. The van der Waals surface area contributed by atoms with E-state index in [1.165, 1.54) is 6.33 Å². The van der Waals surface area contributed by atoms with E-state index in [0.717, 1.165) is 11.1 Å². The number of rotatable bonds is 3. The molecule has 5 heteroatoms. The van der Waals surface area contributed by atoms with Crippen molar-refractivity contribution in [2.45, 2.75) is 20.4 Å². The maximum absolute atomic E-state index is 13.7. The molecule has 0 aliphatic carbocycles. The van der Waals surface area contributed by atoms with Crippen LogP contribution in [0.1, 0.15) is 16.8 Å². The fourth-order valence-electron chi connectivity index (χ4n) is 1.49. The molecule has 1 aromatic heterocycles. The highest BCUT2D eigenvalue weighted by Crippen LogP contribution is 2.26. The summed E-state index contributed by atoms with van der Waals surface area (Å²) in [5.41, 5.74) is 7.63. The van der Waals surface area contributed by atoms with E-state index >= 15 is 0 Å². The Morgan fingerprint density at radius 1 is 1.28 bits per heavy atom. The fourth-order valence-corrected chi connectivity index (χ4v) is 1.49. The summed E-state index contributed by atoms with van der Waals surface area (Å²) in [5, 5.41) is 0. The van der Waals surface area contributed by atoms with Crippen LogP contribution in [0.15, 0.2) is 24.5 Å². The summed E-state index contributed by atoms with van der Waals surface area (Å²) in [7, 11) is 0. The first-order valence-electron chi connectivity index (χ1n) is 5.56. The van der Waals surface area contributed by atoms with Gasteiger partial charge in [0.05, 0.1) is 5.69 Å². The molecule has 94 valence electrons. The summed E-state index contributed by atoms with van der Waals surface area (Å²) < 4.78 is 19.2. The Labute approximate surface area is 105 Å². The number of nitrogens with zero attached hydrogens (tertiary/aromatic N) is 2. The molecule has 4 nitrogen and oxygen atoms in total. The number of nitrogens with two attached hydrogens (primary N) is 1. The molecule has 0 radical (unpaired) electrons. The van der Waals surface area contributed by atoms with Crippen molar-refractivity contribution in [1.29, 1.82) is 0 Å². The zero-order valence-electron chi connectivity index (χ0n) is 10.3. The minimum absolute atomic E-state index is 0.0697. The summed E-state index contributed by atoms with van der Waals surface area (Å²) in [5.74, 6) is -0.0650. The van der Waals surface area contributed by atoms with Crippen LogP contribution < -0.4 is 10.5 Å².